The molecule has 3 N–H and O–H groups in total. The molecule has 0 saturated carbocycles. The second-order valence-corrected chi connectivity index (χ2v) is 11.4. The van der Waals surface area contributed by atoms with Gasteiger partial charge in [0.2, 0.25) is 11.8 Å². The molecule has 36 heavy (non-hydrogen) atoms. The second kappa shape index (κ2) is 9.81. The molecule has 14 heteroatoms. The number of aromatic amines is 1. The maximum absolute atomic E-state index is 13.4. The molecule has 0 aliphatic carbocycles. The Morgan fingerprint density at radius 2 is 2.00 bits per heavy atom. The van der Waals surface area contributed by atoms with Crippen LogP contribution in [0.15, 0.2) is 12.1 Å². The Morgan fingerprint density at radius 3 is 2.61 bits per heavy atom. The van der Waals surface area contributed by atoms with Gasteiger partial charge in [0.1, 0.15) is 11.6 Å². The smallest absolute Gasteiger partial charge is 0.282 e. The number of hydrogen-bond acceptors (Lipinski definition) is 10. The molecule has 13 nitrogen and oxygen atoms in total. The van der Waals surface area contributed by atoms with Crippen molar-refractivity contribution in [2.75, 3.05) is 37.5 Å². The number of anilines is 3. The van der Waals surface area contributed by atoms with Crippen molar-refractivity contribution >= 4 is 27.8 Å². The number of methoxy groups -OCH3 is 1. The summed E-state index contributed by atoms with van der Waals surface area (Å²) in [4.78, 5) is 11.2. The van der Waals surface area contributed by atoms with E-state index in [1.807, 2.05) is 11.9 Å². The van der Waals surface area contributed by atoms with Crippen LogP contribution in [0.25, 0.3) is 0 Å². The molecule has 5 rings (SSSR count). The van der Waals surface area contributed by atoms with Crippen LogP contribution in [0.1, 0.15) is 37.8 Å². The van der Waals surface area contributed by atoms with Gasteiger partial charge in [0.15, 0.2) is 0 Å². The average Bonchev–Trinajstić information content (AvgIpc) is 3.29. The van der Waals surface area contributed by atoms with Crippen LogP contribution < -0.4 is 15.0 Å². The third-order valence-electron chi connectivity index (χ3n) is 7.32. The van der Waals surface area contributed by atoms with Gasteiger partial charge in [-0.15, -0.1) is 0 Å². The van der Waals surface area contributed by atoms with E-state index >= 15 is 0 Å². The zero-order valence-corrected chi connectivity index (χ0v) is 21.1. The Morgan fingerprint density at radius 1 is 1.28 bits per heavy atom. The van der Waals surface area contributed by atoms with E-state index in [1.165, 1.54) is 11.4 Å². The number of piperidine rings is 2. The molecule has 0 radical (unpaired) electrons. The molecule has 194 valence electrons. The monoisotopic (exact) mass is 517 g/mol. The van der Waals surface area contributed by atoms with E-state index in [1.54, 1.807) is 16.4 Å². The summed E-state index contributed by atoms with van der Waals surface area (Å²) >= 11 is 0. The van der Waals surface area contributed by atoms with E-state index < -0.39 is 10.2 Å². The van der Waals surface area contributed by atoms with Crippen LogP contribution in [0, 0.1) is 17.2 Å². The summed E-state index contributed by atoms with van der Waals surface area (Å²) in [5.41, 5.74) is 0.505. The SMILES string of the molecule is COc1cc(Nc2cc(CO)n[nH]2)nc(N(C)[C@H]2C[C@H]3CCC[C@@H](C2)N3S(=O)(=O)N2CC(C#N)C2)n1. The van der Waals surface area contributed by atoms with Crippen molar-refractivity contribution in [3.05, 3.63) is 17.8 Å². The van der Waals surface area contributed by atoms with E-state index in [4.69, 9.17) is 10.00 Å². The van der Waals surface area contributed by atoms with Gasteiger partial charge in [-0.25, -0.2) is 0 Å². The fraction of sp³-hybridized carbons (Fsp3) is 0.636. The number of aromatic nitrogens is 4. The van der Waals surface area contributed by atoms with Crippen molar-refractivity contribution in [1.29, 1.82) is 5.26 Å². The molecule has 3 atom stereocenters. The number of nitriles is 1. The molecule has 3 aliphatic heterocycles. The molecule has 3 aliphatic rings. The van der Waals surface area contributed by atoms with Gasteiger partial charge >= 0.3 is 0 Å². The predicted octanol–water partition coefficient (Wildman–Crippen LogP) is 0.966. The molecule has 3 fully saturated rings. The molecule has 3 saturated heterocycles. The van der Waals surface area contributed by atoms with Gasteiger partial charge in [-0.2, -0.15) is 37.4 Å². The van der Waals surface area contributed by atoms with Crippen LogP contribution >= 0.6 is 0 Å². The minimum Gasteiger partial charge on any atom is -0.481 e. The highest BCUT2D eigenvalue weighted by Gasteiger charge is 2.50. The summed E-state index contributed by atoms with van der Waals surface area (Å²) in [6.07, 6.45) is 3.97. The molecule has 0 amide bonds. The topological polar surface area (TPSA) is 164 Å². The maximum atomic E-state index is 13.4. The van der Waals surface area contributed by atoms with Crippen LogP contribution in [0.5, 0.6) is 5.88 Å². The minimum absolute atomic E-state index is 0.0584. The zero-order chi connectivity index (χ0) is 25.4. The summed E-state index contributed by atoms with van der Waals surface area (Å²) in [5.74, 6) is 1.72. The van der Waals surface area contributed by atoms with Crippen LogP contribution in [0.4, 0.5) is 17.6 Å². The van der Waals surface area contributed by atoms with Crippen molar-refractivity contribution in [2.24, 2.45) is 5.92 Å². The molecule has 2 aromatic heterocycles. The number of aliphatic hydroxyl groups is 1. The standard InChI is InChI=1S/C22H31N9O4S/c1-29(22-25-19(9-21(26-22)35-2)24-20-6-15(13-32)27-28-20)18-7-16-4-3-5-17(8-18)31(16)36(33,34)30-11-14(10-23)12-30/h6,9,14,16-18,32H,3-5,7-8,11-13H2,1-2H3,(H2,24,25,26,27,28)/t16-,17+,18+. The Kier molecular flexibility index (Phi) is 6.73. The molecular weight excluding hydrogens is 486 g/mol. The fourth-order valence-electron chi connectivity index (χ4n) is 5.39. The van der Waals surface area contributed by atoms with Crippen molar-refractivity contribution in [3.8, 4) is 11.9 Å². The summed E-state index contributed by atoms with van der Waals surface area (Å²) in [7, 11) is -0.120. The lowest BCUT2D eigenvalue weighted by atomic mass is 9.83. The zero-order valence-electron chi connectivity index (χ0n) is 20.3. The normalized spacial score (nSPS) is 25.1. The Bertz CT molecular complexity index is 1230. The highest BCUT2D eigenvalue weighted by atomic mass is 32.2. The van der Waals surface area contributed by atoms with Gasteiger partial charge in [-0.05, 0) is 25.7 Å². The molecule has 0 unspecified atom stereocenters. The summed E-state index contributed by atoms with van der Waals surface area (Å²) < 4.78 is 35.3. The highest BCUT2D eigenvalue weighted by Crippen LogP contribution is 2.40. The lowest BCUT2D eigenvalue weighted by Crippen LogP contribution is -2.64. The number of rotatable bonds is 8. The predicted molar refractivity (Wildman–Crippen MR) is 131 cm³/mol. The van der Waals surface area contributed by atoms with E-state index in [2.05, 4.69) is 31.6 Å². The van der Waals surface area contributed by atoms with Gasteiger partial charge in [0.05, 0.1) is 31.4 Å². The number of hydrogen-bond donors (Lipinski definition) is 3. The van der Waals surface area contributed by atoms with Crippen molar-refractivity contribution < 1.29 is 18.3 Å². The average molecular weight is 518 g/mol. The Hall–Kier alpha value is -2.99. The van der Waals surface area contributed by atoms with Crippen molar-refractivity contribution in [3.63, 3.8) is 0 Å². The summed E-state index contributed by atoms with van der Waals surface area (Å²) in [5, 5.41) is 28.2. The molecule has 5 heterocycles. The number of H-pyrrole nitrogens is 1. The molecule has 2 aromatic rings. The maximum Gasteiger partial charge on any atom is 0.282 e. The number of nitrogens with zero attached hydrogens (tertiary/aromatic N) is 7. The molecular formula is C22H31N9O4S. The molecule has 0 spiro atoms. The highest BCUT2D eigenvalue weighted by molar-refractivity contribution is 7.86. The second-order valence-electron chi connectivity index (χ2n) is 9.61. The van der Waals surface area contributed by atoms with E-state index in [9.17, 15) is 13.5 Å². The molecule has 2 bridgehead atoms. The Balaban J connectivity index is 1.34. The van der Waals surface area contributed by atoms with Crippen LogP contribution in [0.2, 0.25) is 0 Å². The quantitative estimate of drug-likeness (QED) is 0.459. The van der Waals surface area contributed by atoms with E-state index in [0.29, 0.717) is 42.0 Å². The summed E-state index contributed by atoms with van der Waals surface area (Å²) in [6.45, 7) is 0.385. The lowest BCUT2D eigenvalue weighted by Gasteiger charge is -2.51. The first kappa shape index (κ1) is 24.7. The van der Waals surface area contributed by atoms with Crippen molar-refractivity contribution in [2.45, 2.75) is 56.8 Å². The van der Waals surface area contributed by atoms with Gasteiger partial charge in [-0.1, -0.05) is 6.42 Å². The van der Waals surface area contributed by atoms with Crippen LogP contribution in [-0.4, -0.2) is 87.7 Å². The first-order valence-corrected chi connectivity index (χ1v) is 13.5. The van der Waals surface area contributed by atoms with Gasteiger partial charge in [0, 0.05) is 50.4 Å². The van der Waals surface area contributed by atoms with Crippen LogP contribution in [-0.2, 0) is 16.8 Å². The number of aliphatic hydroxyl groups excluding tert-OH is 1. The minimum atomic E-state index is -3.58. The number of nitrogens with one attached hydrogen (secondary N) is 2. The third kappa shape index (κ3) is 4.59. The largest absolute Gasteiger partial charge is 0.481 e. The van der Waals surface area contributed by atoms with Gasteiger partial charge < -0.3 is 20.1 Å². The molecule has 0 aromatic carbocycles. The van der Waals surface area contributed by atoms with Crippen molar-refractivity contribution in [1.82, 2.24) is 28.8 Å². The lowest BCUT2D eigenvalue weighted by molar-refractivity contribution is 0.0930. The summed E-state index contributed by atoms with van der Waals surface area (Å²) in [6, 6.07) is 5.37. The van der Waals surface area contributed by atoms with Gasteiger partial charge in [-0.3, -0.25) is 5.10 Å². The fourth-order valence-corrected chi connectivity index (χ4v) is 7.53. The number of fused-ring (bicyclic) bond motifs is 2. The first-order valence-electron chi connectivity index (χ1n) is 12.1. The van der Waals surface area contributed by atoms with E-state index in [0.717, 1.165) is 19.3 Å². The van der Waals surface area contributed by atoms with E-state index in [-0.39, 0.29) is 43.7 Å². The first-order chi connectivity index (χ1) is 17.3. The van der Waals surface area contributed by atoms with Gasteiger partial charge in [0.25, 0.3) is 10.2 Å². The number of ether oxygens (including phenoxy) is 1. The van der Waals surface area contributed by atoms with Crippen LogP contribution in [0.3, 0.4) is 0 Å². The third-order valence-corrected chi connectivity index (χ3v) is 9.40. The Labute approximate surface area is 210 Å².